The van der Waals surface area contributed by atoms with E-state index in [0.29, 0.717) is 25.7 Å². The maximum atomic E-state index is 5.60. The van der Waals surface area contributed by atoms with Crippen molar-refractivity contribution in [3.63, 3.8) is 0 Å². The molecule has 6 nitrogen and oxygen atoms in total. The van der Waals surface area contributed by atoms with Gasteiger partial charge in [0.15, 0.2) is 11.5 Å². The molecule has 0 fully saturated rings. The minimum atomic E-state index is 0.524. The molecule has 1 aliphatic rings. The molecule has 0 saturated heterocycles. The lowest BCUT2D eigenvalue weighted by atomic mass is 10.1. The second-order valence-corrected chi connectivity index (χ2v) is 6.09. The van der Waals surface area contributed by atoms with Gasteiger partial charge in [-0.15, -0.1) is 0 Å². The number of aromatic nitrogens is 2. The van der Waals surface area contributed by atoms with Crippen molar-refractivity contribution in [2.75, 3.05) is 23.8 Å². The molecule has 0 saturated carbocycles. The molecule has 3 aromatic rings. The lowest BCUT2D eigenvalue weighted by Gasteiger charge is -2.19. The van der Waals surface area contributed by atoms with Gasteiger partial charge in [0.2, 0.25) is 5.95 Å². The van der Waals surface area contributed by atoms with Crippen LogP contribution in [0.2, 0.25) is 0 Å². The average Bonchev–Trinajstić information content (AvgIpc) is 2.67. The Morgan fingerprint density at radius 1 is 1.00 bits per heavy atom. The molecule has 132 valence electrons. The third-order valence-electron chi connectivity index (χ3n) is 4.01. The minimum Gasteiger partial charge on any atom is -0.486 e. The fraction of sp³-hybridized carbons (Fsp3) is 0.200. The van der Waals surface area contributed by atoms with Crippen LogP contribution >= 0.6 is 0 Å². The molecule has 0 aliphatic carbocycles. The number of hydrogen-bond acceptors (Lipinski definition) is 6. The molecule has 0 unspecified atom stereocenters. The van der Waals surface area contributed by atoms with Gasteiger partial charge >= 0.3 is 0 Å². The zero-order valence-electron chi connectivity index (χ0n) is 14.5. The molecule has 4 rings (SSSR count). The number of rotatable bonds is 5. The number of nitrogens with one attached hydrogen (secondary N) is 2. The zero-order chi connectivity index (χ0) is 17.8. The van der Waals surface area contributed by atoms with Crippen LogP contribution < -0.4 is 20.1 Å². The SMILES string of the molecule is Cc1cccc(CNc2ccnc(Nc3ccc4c(c3)OCCO4)n2)c1. The Morgan fingerprint density at radius 2 is 1.88 bits per heavy atom. The monoisotopic (exact) mass is 348 g/mol. The van der Waals surface area contributed by atoms with Crippen LogP contribution in [0, 0.1) is 6.92 Å². The van der Waals surface area contributed by atoms with E-state index in [-0.39, 0.29) is 0 Å². The standard InChI is InChI=1S/C20H20N4O2/c1-14-3-2-4-15(11-14)13-22-19-7-8-21-20(24-19)23-16-5-6-17-18(12-16)26-10-9-25-17/h2-8,11-12H,9-10,13H2,1H3,(H2,21,22,23,24). The highest BCUT2D eigenvalue weighted by molar-refractivity contribution is 5.60. The van der Waals surface area contributed by atoms with E-state index in [1.54, 1.807) is 6.20 Å². The van der Waals surface area contributed by atoms with Crippen molar-refractivity contribution < 1.29 is 9.47 Å². The van der Waals surface area contributed by atoms with Crippen LogP contribution in [0.3, 0.4) is 0 Å². The van der Waals surface area contributed by atoms with Gasteiger partial charge in [-0.25, -0.2) is 4.98 Å². The molecule has 2 aromatic carbocycles. The molecule has 1 aliphatic heterocycles. The van der Waals surface area contributed by atoms with Gasteiger partial charge in [-0.3, -0.25) is 0 Å². The summed E-state index contributed by atoms with van der Waals surface area (Å²) in [5.41, 5.74) is 3.31. The normalized spacial score (nSPS) is 12.5. The van der Waals surface area contributed by atoms with Crippen molar-refractivity contribution in [1.29, 1.82) is 0 Å². The number of aryl methyl sites for hydroxylation is 1. The summed E-state index contributed by atoms with van der Waals surface area (Å²) in [6, 6.07) is 15.9. The lowest BCUT2D eigenvalue weighted by Crippen LogP contribution is -2.15. The molecule has 0 atom stereocenters. The van der Waals surface area contributed by atoms with Crippen molar-refractivity contribution >= 4 is 17.5 Å². The summed E-state index contributed by atoms with van der Waals surface area (Å²) < 4.78 is 11.1. The van der Waals surface area contributed by atoms with Crippen molar-refractivity contribution in [3.05, 3.63) is 65.9 Å². The summed E-state index contributed by atoms with van der Waals surface area (Å²) in [6.07, 6.45) is 1.73. The van der Waals surface area contributed by atoms with Crippen LogP contribution in [0.25, 0.3) is 0 Å². The van der Waals surface area contributed by atoms with Crippen LogP contribution in [-0.2, 0) is 6.54 Å². The van der Waals surface area contributed by atoms with Crippen LogP contribution in [0.4, 0.5) is 17.5 Å². The van der Waals surface area contributed by atoms with Crippen LogP contribution in [-0.4, -0.2) is 23.2 Å². The van der Waals surface area contributed by atoms with E-state index in [9.17, 15) is 0 Å². The largest absolute Gasteiger partial charge is 0.486 e. The Kier molecular flexibility index (Phi) is 4.55. The fourth-order valence-corrected chi connectivity index (χ4v) is 2.78. The smallest absolute Gasteiger partial charge is 0.229 e. The fourth-order valence-electron chi connectivity index (χ4n) is 2.78. The van der Waals surface area contributed by atoms with Crippen molar-refractivity contribution in [2.45, 2.75) is 13.5 Å². The van der Waals surface area contributed by atoms with E-state index < -0.39 is 0 Å². The van der Waals surface area contributed by atoms with Crippen molar-refractivity contribution in [1.82, 2.24) is 9.97 Å². The first-order chi connectivity index (χ1) is 12.8. The molecule has 0 amide bonds. The third kappa shape index (κ3) is 3.85. The topological polar surface area (TPSA) is 68.3 Å². The van der Waals surface area contributed by atoms with E-state index in [2.05, 4.69) is 51.8 Å². The van der Waals surface area contributed by atoms with Gasteiger partial charge in [0, 0.05) is 24.5 Å². The predicted molar refractivity (Wildman–Crippen MR) is 101 cm³/mol. The van der Waals surface area contributed by atoms with Gasteiger partial charge in [0.1, 0.15) is 19.0 Å². The van der Waals surface area contributed by atoms with E-state index in [1.165, 1.54) is 11.1 Å². The minimum absolute atomic E-state index is 0.524. The van der Waals surface area contributed by atoms with Crippen LogP contribution in [0.5, 0.6) is 11.5 Å². The third-order valence-corrected chi connectivity index (χ3v) is 4.01. The molecule has 0 spiro atoms. The Labute approximate surface area is 152 Å². The molecular weight excluding hydrogens is 328 g/mol. The lowest BCUT2D eigenvalue weighted by molar-refractivity contribution is 0.171. The van der Waals surface area contributed by atoms with E-state index in [1.807, 2.05) is 24.3 Å². The first kappa shape index (κ1) is 16.2. The molecule has 26 heavy (non-hydrogen) atoms. The molecule has 0 bridgehead atoms. The maximum absolute atomic E-state index is 5.60. The summed E-state index contributed by atoms with van der Waals surface area (Å²) in [6.45, 7) is 3.94. The summed E-state index contributed by atoms with van der Waals surface area (Å²) in [7, 11) is 0. The summed E-state index contributed by atoms with van der Waals surface area (Å²) in [5, 5.41) is 6.53. The van der Waals surface area contributed by atoms with Crippen molar-refractivity contribution in [2.24, 2.45) is 0 Å². The quantitative estimate of drug-likeness (QED) is 0.729. The van der Waals surface area contributed by atoms with Gasteiger partial charge in [0.25, 0.3) is 0 Å². The van der Waals surface area contributed by atoms with Gasteiger partial charge in [-0.05, 0) is 30.7 Å². The van der Waals surface area contributed by atoms with E-state index >= 15 is 0 Å². The highest BCUT2D eigenvalue weighted by atomic mass is 16.6. The van der Waals surface area contributed by atoms with E-state index in [0.717, 1.165) is 23.0 Å². The molecule has 2 N–H and O–H groups in total. The summed E-state index contributed by atoms with van der Waals surface area (Å²) >= 11 is 0. The highest BCUT2D eigenvalue weighted by Crippen LogP contribution is 2.33. The number of hydrogen-bond donors (Lipinski definition) is 2. The summed E-state index contributed by atoms with van der Waals surface area (Å²) in [4.78, 5) is 8.79. The first-order valence-corrected chi connectivity index (χ1v) is 8.55. The average molecular weight is 348 g/mol. The molecule has 1 aromatic heterocycles. The number of fused-ring (bicyclic) bond motifs is 1. The van der Waals surface area contributed by atoms with Gasteiger partial charge in [-0.1, -0.05) is 29.8 Å². The van der Waals surface area contributed by atoms with Crippen molar-refractivity contribution in [3.8, 4) is 11.5 Å². The second-order valence-electron chi connectivity index (χ2n) is 6.09. The zero-order valence-corrected chi connectivity index (χ0v) is 14.5. The Morgan fingerprint density at radius 3 is 2.77 bits per heavy atom. The number of anilines is 3. The molecule has 6 heteroatoms. The maximum Gasteiger partial charge on any atom is 0.229 e. The number of nitrogens with zero attached hydrogens (tertiary/aromatic N) is 2. The van der Waals surface area contributed by atoms with Gasteiger partial charge in [0.05, 0.1) is 0 Å². The molecule has 2 heterocycles. The van der Waals surface area contributed by atoms with Crippen LogP contribution in [0.15, 0.2) is 54.7 Å². The van der Waals surface area contributed by atoms with Crippen LogP contribution in [0.1, 0.15) is 11.1 Å². The molecule has 0 radical (unpaired) electrons. The predicted octanol–water partition coefficient (Wildman–Crippen LogP) is 3.91. The Hall–Kier alpha value is -3.28. The van der Waals surface area contributed by atoms with Gasteiger partial charge < -0.3 is 20.1 Å². The second kappa shape index (κ2) is 7.31. The van der Waals surface area contributed by atoms with Gasteiger partial charge in [-0.2, -0.15) is 4.98 Å². The number of ether oxygens (including phenoxy) is 2. The highest BCUT2D eigenvalue weighted by Gasteiger charge is 2.12. The summed E-state index contributed by atoms with van der Waals surface area (Å²) in [5.74, 6) is 2.78. The Bertz CT molecular complexity index is 914. The van der Waals surface area contributed by atoms with E-state index in [4.69, 9.17) is 9.47 Å². The first-order valence-electron chi connectivity index (χ1n) is 8.55. The Balaban J connectivity index is 1.44. The molecular formula is C20H20N4O2. The number of benzene rings is 2.